The highest BCUT2D eigenvalue weighted by molar-refractivity contribution is 9.10. The predicted molar refractivity (Wildman–Crippen MR) is 119 cm³/mol. The fourth-order valence-corrected chi connectivity index (χ4v) is 4.54. The fraction of sp³-hybridized carbons (Fsp3) is 0.391. The van der Waals surface area contributed by atoms with Crippen molar-refractivity contribution in [3.63, 3.8) is 0 Å². The van der Waals surface area contributed by atoms with Gasteiger partial charge >= 0.3 is 6.09 Å². The Morgan fingerprint density at radius 3 is 2.58 bits per heavy atom. The van der Waals surface area contributed by atoms with E-state index in [1.807, 2.05) is 35.2 Å². The monoisotopic (exact) mass is 488 g/mol. The van der Waals surface area contributed by atoms with Gasteiger partial charge in [-0.2, -0.15) is 0 Å². The number of carbonyl (C=O) groups is 2. The Morgan fingerprint density at radius 2 is 1.90 bits per heavy atom. The molecule has 4 rings (SSSR count). The molecule has 8 heteroatoms. The number of para-hydroxylation sites is 1. The molecule has 1 atom stereocenters. The van der Waals surface area contributed by atoms with Crippen LogP contribution >= 0.6 is 15.9 Å². The lowest BCUT2D eigenvalue weighted by atomic mass is 10.0. The van der Waals surface area contributed by atoms with Gasteiger partial charge in [-0.15, -0.1) is 0 Å². The molecule has 2 aliphatic rings. The summed E-state index contributed by atoms with van der Waals surface area (Å²) in [5.41, 5.74) is 0.616. The Morgan fingerprint density at radius 1 is 1.16 bits per heavy atom. The molecule has 2 heterocycles. The highest BCUT2D eigenvalue weighted by Crippen LogP contribution is 2.28. The summed E-state index contributed by atoms with van der Waals surface area (Å²) in [4.78, 5) is 28.9. The SMILES string of the molecule is COc1ccc(C(=O)N2CCC(N3CC(COc4ccccc4)OC3=O)CC2)cc1Br. The molecule has 0 bridgehead atoms. The quantitative estimate of drug-likeness (QED) is 0.615. The number of carbonyl (C=O) groups excluding carboxylic acids is 2. The van der Waals surface area contributed by atoms with Crippen LogP contribution in [0.15, 0.2) is 53.0 Å². The number of benzene rings is 2. The number of ether oxygens (including phenoxy) is 3. The van der Waals surface area contributed by atoms with E-state index in [0.29, 0.717) is 37.6 Å². The van der Waals surface area contributed by atoms with Crippen LogP contribution in [0.5, 0.6) is 11.5 Å². The zero-order valence-corrected chi connectivity index (χ0v) is 18.9. The highest BCUT2D eigenvalue weighted by atomic mass is 79.9. The van der Waals surface area contributed by atoms with Crippen molar-refractivity contribution in [1.29, 1.82) is 0 Å². The van der Waals surface area contributed by atoms with E-state index in [-0.39, 0.29) is 24.1 Å². The van der Waals surface area contributed by atoms with Gasteiger partial charge in [-0.05, 0) is 59.1 Å². The first-order chi connectivity index (χ1) is 15.0. The molecule has 7 nitrogen and oxygen atoms in total. The molecule has 2 aromatic carbocycles. The van der Waals surface area contributed by atoms with Crippen molar-refractivity contribution in [1.82, 2.24) is 9.80 Å². The average Bonchev–Trinajstić information content (AvgIpc) is 3.18. The second kappa shape index (κ2) is 9.60. The van der Waals surface area contributed by atoms with Gasteiger partial charge in [0.25, 0.3) is 5.91 Å². The summed E-state index contributed by atoms with van der Waals surface area (Å²) in [5.74, 6) is 1.43. The van der Waals surface area contributed by atoms with Crippen molar-refractivity contribution in [3.05, 3.63) is 58.6 Å². The molecule has 2 amide bonds. The van der Waals surface area contributed by atoms with Crippen LogP contribution in [0.3, 0.4) is 0 Å². The number of piperidine rings is 1. The Kier molecular flexibility index (Phi) is 6.65. The van der Waals surface area contributed by atoms with Crippen LogP contribution < -0.4 is 9.47 Å². The Bertz CT molecular complexity index is 931. The number of methoxy groups -OCH3 is 1. The Labute approximate surface area is 190 Å². The zero-order chi connectivity index (χ0) is 21.8. The van der Waals surface area contributed by atoms with E-state index in [0.717, 1.165) is 23.1 Å². The first-order valence-corrected chi connectivity index (χ1v) is 11.1. The van der Waals surface area contributed by atoms with Crippen LogP contribution in [0.2, 0.25) is 0 Å². The van der Waals surface area contributed by atoms with Crippen LogP contribution in [0.4, 0.5) is 4.79 Å². The first-order valence-electron chi connectivity index (χ1n) is 10.3. The summed E-state index contributed by atoms with van der Waals surface area (Å²) in [5, 5.41) is 0. The molecule has 0 radical (unpaired) electrons. The maximum absolute atomic E-state index is 12.9. The van der Waals surface area contributed by atoms with Crippen molar-refractivity contribution in [3.8, 4) is 11.5 Å². The Balaban J connectivity index is 1.28. The molecule has 2 aliphatic heterocycles. The van der Waals surface area contributed by atoms with Gasteiger partial charge < -0.3 is 24.0 Å². The minimum absolute atomic E-state index is 0.0139. The lowest BCUT2D eigenvalue weighted by molar-refractivity contribution is 0.0658. The first kappa shape index (κ1) is 21.5. The lowest BCUT2D eigenvalue weighted by Gasteiger charge is -2.35. The highest BCUT2D eigenvalue weighted by Gasteiger charge is 2.38. The fourth-order valence-electron chi connectivity index (χ4n) is 3.99. The van der Waals surface area contributed by atoms with Gasteiger partial charge in [0, 0.05) is 24.7 Å². The minimum Gasteiger partial charge on any atom is -0.496 e. The summed E-state index contributed by atoms with van der Waals surface area (Å²) in [7, 11) is 1.59. The van der Waals surface area contributed by atoms with E-state index in [9.17, 15) is 9.59 Å². The van der Waals surface area contributed by atoms with Gasteiger partial charge in [0.05, 0.1) is 18.1 Å². The largest absolute Gasteiger partial charge is 0.496 e. The van der Waals surface area contributed by atoms with Crippen LogP contribution in [0.25, 0.3) is 0 Å². The van der Waals surface area contributed by atoms with Crippen molar-refractivity contribution in [2.75, 3.05) is 33.4 Å². The maximum Gasteiger partial charge on any atom is 0.410 e. The molecule has 31 heavy (non-hydrogen) atoms. The molecule has 2 saturated heterocycles. The molecule has 0 aliphatic carbocycles. The molecule has 1 unspecified atom stereocenters. The number of nitrogens with zero attached hydrogens (tertiary/aromatic N) is 2. The minimum atomic E-state index is -0.300. The maximum atomic E-state index is 12.9. The molecule has 164 valence electrons. The zero-order valence-electron chi connectivity index (χ0n) is 17.3. The number of hydrogen-bond donors (Lipinski definition) is 0. The van der Waals surface area contributed by atoms with Crippen molar-refractivity contribution < 1.29 is 23.8 Å². The van der Waals surface area contributed by atoms with E-state index in [2.05, 4.69) is 15.9 Å². The van der Waals surface area contributed by atoms with E-state index >= 15 is 0 Å². The molecule has 2 aromatic rings. The van der Waals surface area contributed by atoms with E-state index < -0.39 is 0 Å². The number of cyclic esters (lactones) is 1. The third-order valence-electron chi connectivity index (χ3n) is 5.67. The summed E-state index contributed by atoms with van der Waals surface area (Å²) in [6.45, 7) is 2.04. The number of likely N-dealkylation sites (tertiary alicyclic amines) is 1. The normalized spacial score (nSPS) is 19.3. The van der Waals surface area contributed by atoms with E-state index in [4.69, 9.17) is 14.2 Å². The Hall–Kier alpha value is -2.74. The molecule has 0 N–H and O–H groups in total. The third kappa shape index (κ3) is 4.95. The summed E-state index contributed by atoms with van der Waals surface area (Å²) < 4.78 is 17.2. The molecular weight excluding hydrogens is 464 g/mol. The van der Waals surface area contributed by atoms with Gasteiger partial charge in [-0.25, -0.2) is 4.79 Å². The van der Waals surface area contributed by atoms with E-state index in [1.54, 1.807) is 30.2 Å². The topological polar surface area (TPSA) is 68.3 Å². The van der Waals surface area contributed by atoms with Gasteiger partial charge in [-0.1, -0.05) is 18.2 Å². The van der Waals surface area contributed by atoms with Crippen LogP contribution in [-0.2, 0) is 4.74 Å². The number of halogens is 1. The summed E-state index contributed by atoms with van der Waals surface area (Å²) in [6, 6.07) is 14.9. The van der Waals surface area contributed by atoms with Gasteiger partial charge in [-0.3, -0.25) is 4.79 Å². The summed E-state index contributed by atoms with van der Waals surface area (Å²) in [6.07, 6.45) is 0.865. The van der Waals surface area contributed by atoms with Crippen molar-refractivity contribution >= 4 is 27.9 Å². The van der Waals surface area contributed by atoms with Crippen molar-refractivity contribution in [2.24, 2.45) is 0 Å². The third-order valence-corrected chi connectivity index (χ3v) is 6.29. The van der Waals surface area contributed by atoms with Crippen LogP contribution in [0, 0.1) is 0 Å². The van der Waals surface area contributed by atoms with Crippen LogP contribution in [-0.4, -0.2) is 67.3 Å². The number of amides is 2. The lowest BCUT2D eigenvalue weighted by Crippen LogP contribution is -2.47. The van der Waals surface area contributed by atoms with Gasteiger partial charge in [0.15, 0.2) is 6.10 Å². The predicted octanol–water partition coefficient (Wildman–Crippen LogP) is 3.96. The van der Waals surface area contributed by atoms with Crippen molar-refractivity contribution in [2.45, 2.75) is 25.0 Å². The molecule has 0 saturated carbocycles. The standard InChI is InChI=1S/C23H25BrN2O5/c1-29-21-8-7-16(13-20(21)24)22(27)25-11-9-17(10-12-25)26-14-19(31-23(26)28)15-30-18-5-3-2-4-6-18/h2-8,13,17,19H,9-12,14-15H2,1H3. The second-order valence-corrected chi connectivity index (χ2v) is 8.51. The molecule has 0 spiro atoms. The molecule has 0 aromatic heterocycles. The van der Waals surface area contributed by atoms with Gasteiger partial charge in [0.2, 0.25) is 0 Å². The van der Waals surface area contributed by atoms with E-state index in [1.165, 1.54) is 0 Å². The van der Waals surface area contributed by atoms with Gasteiger partial charge in [0.1, 0.15) is 18.1 Å². The number of rotatable bonds is 6. The van der Waals surface area contributed by atoms with Crippen LogP contribution in [0.1, 0.15) is 23.2 Å². The molecule has 2 fully saturated rings. The molecular formula is C23H25BrN2O5. The average molecular weight is 489 g/mol. The number of hydrogen-bond acceptors (Lipinski definition) is 5. The smallest absolute Gasteiger partial charge is 0.410 e. The second-order valence-electron chi connectivity index (χ2n) is 7.65. The summed E-state index contributed by atoms with van der Waals surface area (Å²) >= 11 is 3.43.